The molecule has 0 unspecified atom stereocenters. The van der Waals surface area contributed by atoms with E-state index in [9.17, 15) is 8.42 Å². The van der Waals surface area contributed by atoms with Crippen LogP contribution in [0.5, 0.6) is 0 Å². The van der Waals surface area contributed by atoms with Crippen molar-refractivity contribution in [3.63, 3.8) is 0 Å². The maximum atomic E-state index is 11.7. The zero-order valence-corrected chi connectivity index (χ0v) is 8.88. The Kier molecular flexibility index (Phi) is 2.92. The summed E-state index contributed by atoms with van der Waals surface area (Å²) in [7, 11) is -3.46. The Balaban J connectivity index is 3.19. The summed E-state index contributed by atoms with van der Waals surface area (Å²) in [4.78, 5) is 3.24. The molecule has 0 bridgehead atoms. The van der Waals surface area contributed by atoms with Crippen molar-refractivity contribution in [3.05, 3.63) is 41.2 Å². The van der Waals surface area contributed by atoms with Crippen molar-refractivity contribution in [3.8, 4) is 0 Å². The van der Waals surface area contributed by atoms with Crippen molar-refractivity contribution in [1.82, 2.24) is 0 Å². The van der Waals surface area contributed by atoms with Crippen LogP contribution in [0.25, 0.3) is 4.85 Å². The van der Waals surface area contributed by atoms with E-state index >= 15 is 0 Å². The first-order valence-corrected chi connectivity index (χ1v) is 5.70. The largest absolute Gasteiger partial charge is 0.322 e. The van der Waals surface area contributed by atoms with E-state index in [-0.39, 0.29) is 4.90 Å². The topological polar surface area (TPSA) is 38.5 Å². The van der Waals surface area contributed by atoms with Crippen LogP contribution in [-0.2, 0) is 9.84 Å². The summed E-state index contributed by atoms with van der Waals surface area (Å²) in [6.07, 6.45) is 0. The van der Waals surface area contributed by atoms with Crippen LogP contribution in [0, 0.1) is 13.5 Å². The van der Waals surface area contributed by atoms with Gasteiger partial charge in [-0.3, -0.25) is 4.85 Å². The van der Waals surface area contributed by atoms with Gasteiger partial charge in [0.25, 0.3) is 9.84 Å². The molecule has 1 atom stereocenters. The van der Waals surface area contributed by atoms with Crippen molar-refractivity contribution in [2.75, 3.05) is 0 Å². The van der Waals surface area contributed by atoms with Gasteiger partial charge in [-0.15, -0.1) is 0 Å². The van der Waals surface area contributed by atoms with E-state index in [0.29, 0.717) is 0 Å². The Morgan fingerprint density at radius 3 is 2.21 bits per heavy atom. The molecule has 0 amide bonds. The summed E-state index contributed by atoms with van der Waals surface area (Å²) in [5, 5.41) is -1.01. The molecule has 1 aromatic rings. The number of benzene rings is 1. The molecule has 0 aromatic heterocycles. The summed E-state index contributed by atoms with van der Waals surface area (Å²) in [6.45, 7) is 9.98. The highest BCUT2D eigenvalue weighted by Crippen LogP contribution is 2.17. The predicted octanol–water partition coefficient (Wildman–Crippen LogP) is 2.03. The normalized spacial score (nSPS) is 13.2. The average Bonchev–Trinajstić information content (AvgIpc) is 2.17. The van der Waals surface area contributed by atoms with Gasteiger partial charge in [0.2, 0.25) is 0 Å². The zero-order chi connectivity index (χ0) is 10.8. The van der Waals surface area contributed by atoms with E-state index in [4.69, 9.17) is 6.57 Å². The van der Waals surface area contributed by atoms with E-state index < -0.39 is 15.2 Å². The monoisotopic (exact) mass is 209 g/mol. The van der Waals surface area contributed by atoms with Gasteiger partial charge >= 0.3 is 5.37 Å². The Hall–Kier alpha value is -1.34. The predicted molar refractivity (Wildman–Crippen MR) is 54.4 cm³/mol. The number of hydrogen-bond donors (Lipinski definition) is 0. The smallest absolute Gasteiger partial charge is 0.296 e. The van der Waals surface area contributed by atoms with Gasteiger partial charge in [-0.2, -0.15) is 0 Å². The van der Waals surface area contributed by atoms with Gasteiger partial charge in [0.15, 0.2) is 0 Å². The van der Waals surface area contributed by atoms with Crippen LogP contribution in [0.15, 0.2) is 29.2 Å². The maximum absolute atomic E-state index is 11.7. The molecule has 3 nitrogen and oxygen atoms in total. The van der Waals surface area contributed by atoms with Gasteiger partial charge in [0.1, 0.15) is 0 Å². The molecule has 0 fully saturated rings. The van der Waals surface area contributed by atoms with E-state index in [0.717, 1.165) is 5.56 Å². The molecule has 14 heavy (non-hydrogen) atoms. The van der Waals surface area contributed by atoms with Crippen LogP contribution in [0.3, 0.4) is 0 Å². The molecule has 4 heteroatoms. The summed E-state index contributed by atoms with van der Waals surface area (Å²) in [5.74, 6) is 0. The molecule has 0 heterocycles. The Morgan fingerprint density at radius 2 is 1.79 bits per heavy atom. The van der Waals surface area contributed by atoms with Crippen molar-refractivity contribution in [1.29, 1.82) is 0 Å². The second kappa shape index (κ2) is 3.81. The molecule has 0 aliphatic carbocycles. The minimum Gasteiger partial charge on any atom is -0.296 e. The third-order valence-corrected chi connectivity index (χ3v) is 3.91. The molecule has 0 saturated heterocycles. The fraction of sp³-hybridized carbons (Fsp3) is 0.300. The van der Waals surface area contributed by atoms with Crippen LogP contribution >= 0.6 is 0 Å². The zero-order valence-electron chi connectivity index (χ0n) is 8.06. The van der Waals surface area contributed by atoms with Crippen LogP contribution in [-0.4, -0.2) is 13.8 Å². The van der Waals surface area contributed by atoms with Gasteiger partial charge in [-0.1, -0.05) is 17.7 Å². The van der Waals surface area contributed by atoms with Gasteiger partial charge in [0, 0.05) is 6.92 Å². The lowest BCUT2D eigenvalue weighted by atomic mass is 10.2. The fourth-order valence-corrected chi connectivity index (χ4v) is 2.04. The molecular weight excluding hydrogens is 198 g/mol. The Bertz CT molecular complexity index is 454. The van der Waals surface area contributed by atoms with E-state index in [1.807, 2.05) is 6.92 Å². The number of hydrogen-bond acceptors (Lipinski definition) is 2. The first-order chi connectivity index (χ1) is 6.48. The Labute approximate surface area is 84.1 Å². The maximum Gasteiger partial charge on any atom is 0.322 e. The lowest BCUT2D eigenvalue weighted by molar-refractivity contribution is 0.591. The molecule has 0 radical (unpaired) electrons. The molecule has 1 rings (SSSR count). The van der Waals surface area contributed by atoms with Crippen molar-refractivity contribution in [2.45, 2.75) is 24.1 Å². The highest BCUT2D eigenvalue weighted by Gasteiger charge is 2.27. The average molecular weight is 209 g/mol. The molecule has 0 aliphatic rings. The molecular formula is C10H11NO2S. The molecule has 0 aliphatic heterocycles. The minimum atomic E-state index is -3.46. The van der Waals surface area contributed by atoms with Crippen molar-refractivity contribution in [2.24, 2.45) is 0 Å². The van der Waals surface area contributed by atoms with Crippen molar-refractivity contribution >= 4 is 9.84 Å². The molecule has 0 N–H and O–H groups in total. The SMILES string of the molecule is [C-]#[N+][C@H](C)S(=O)(=O)c1ccc(C)cc1. The summed E-state index contributed by atoms with van der Waals surface area (Å²) >= 11 is 0. The summed E-state index contributed by atoms with van der Waals surface area (Å²) < 4.78 is 23.3. The molecule has 0 spiro atoms. The third-order valence-electron chi connectivity index (χ3n) is 1.98. The summed E-state index contributed by atoms with van der Waals surface area (Å²) in [5.41, 5.74) is 0.999. The van der Waals surface area contributed by atoms with Gasteiger partial charge in [-0.05, 0) is 19.1 Å². The van der Waals surface area contributed by atoms with Crippen LogP contribution in [0.4, 0.5) is 0 Å². The van der Waals surface area contributed by atoms with Gasteiger partial charge in [0.05, 0.1) is 4.90 Å². The second-order valence-electron chi connectivity index (χ2n) is 3.09. The number of rotatable bonds is 2. The van der Waals surface area contributed by atoms with Crippen LogP contribution in [0.1, 0.15) is 12.5 Å². The third kappa shape index (κ3) is 1.94. The lowest BCUT2D eigenvalue weighted by Crippen LogP contribution is -2.13. The van der Waals surface area contributed by atoms with Gasteiger partial charge in [-0.25, -0.2) is 15.0 Å². The fourth-order valence-electron chi connectivity index (χ4n) is 0.994. The Morgan fingerprint density at radius 1 is 1.29 bits per heavy atom. The highest BCUT2D eigenvalue weighted by atomic mass is 32.2. The molecule has 0 saturated carbocycles. The standard InChI is InChI=1S/C10H11NO2S/c1-8-4-6-10(7-5-8)14(12,13)9(2)11-3/h4-7,9H,1-2H3/t9-/m0/s1. The van der Waals surface area contributed by atoms with E-state index in [1.54, 1.807) is 12.1 Å². The highest BCUT2D eigenvalue weighted by molar-refractivity contribution is 7.92. The first-order valence-electron chi connectivity index (χ1n) is 4.15. The first kappa shape index (κ1) is 10.7. The second-order valence-corrected chi connectivity index (χ2v) is 5.33. The quantitative estimate of drug-likeness (QED) is 0.699. The van der Waals surface area contributed by atoms with Gasteiger partial charge < -0.3 is 0 Å². The van der Waals surface area contributed by atoms with E-state index in [1.165, 1.54) is 19.1 Å². The minimum absolute atomic E-state index is 0.214. The summed E-state index contributed by atoms with van der Waals surface area (Å²) in [6, 6.07) is 6.52. The number of sulfone groups is 1. The van der Waals surface area contributed by atoms with Crippen LogP contribution in [0.2, 0.25) is 0 Å². The number of aryl methyl sites for hydroxylation is 1. The lowest BCUT2D eigenvalue weighted by Gasteiger charge is -2.02. The van der Waals surface area contributed by atoms with Crippen molar-refractivity contribution < 1.29 is 8.42 Å². The molecule has 1 aromatic carbocycles. The van der Waals surface area contributed by atoms with Crippen LogP contribution < -0.4 is 0 Å². The molecule has 74 valence electrons. The number of nitrogens with zero attached hydrogens (tertiary/aromatic N) is 1. The van der Waals surface area contributed by atoms with E-state index in [2.05, 4.69) is 4.85 Å².